The lowest BCUT2D eigenvalue weighted by Gasteiger charge is -2.32. The fourth-order valence-corrected chi connectivity index (χ4v) is 3.68. The van der Waals surface area contributed by atoms with Crippen LogP contribution < -0.4 is 14.8 Å². The van der Waals surface area contributed by atoms with Gasteiger partial charge < -0.3 is 19.7 Å². The van der Waals surface area contributed by atoms with Gasteiger partial charge >= 0.3 is 6.36 Å². The zero-order valence-electron chi connectivity index (χ0n) is 23.2. The van der Waals surface area contributed by atoms with Crippen molar-refractivity contribution in [1.29, 1.82) is 0 Å². The molecule has 0 bridgehead atoms. The van der Waals surface area contributed by atoms with Gasteiger partial charge in [0.05, 0.1) is 12.0 Å². The van der Waals surface area contributed by atoms with Crippen molar-refractivity contribution in [2.45, 2.75) is 52.5 Å². The van der Waals surface area contributed by atoms with Crippen LogP contribution in [-0.4, -0.2) is 62.5 Å². The molecule has 1 amide bonds. The van der Waals surface area contributed by atoms with Crippen molar-refractivity contribution in [1.82, 2.24) is 10.2 Å². The summed E-state index contributed by atoms with van der Waals surface area (Å²) in [7, 11) is 3.75. The number of hydrogen-bond donors (Lipinski definition) is 1. The highest BCUT2D eigenvalue weighted by atomic mass is 19.4. The number of aldehydes is 1. The highest BCUT2D eigenvalue weighted by Gasteiger charge is 2.31. The topological polar surface area (TPSA) is 80.2 Å². The van der Waals surface area contributed by atoms with E-state index in [0.29, 0.717) is 42.8 Å². The van der Waals surface area contributed by atoms with Gasteiger partial charge in [0.2, 0.25) is 5.91 Å². The zero-order valence-corrected chi connectivity index (χ0v) is 23.2. The van der Waals surface area contributed by atoms with Gasteiger partial charge in [0.15, 0.2) is 6.29 Å². The third-order valence-electron chi connectivity index (χ3n) is 5.44. The second kappa shape index (κ2) is 17.0. The maximum Gasteiger partial charge on any atom is 0.573 e. The fourth-order valence-electron chi connectivity index (χ4n) is 3.68. The summed E-state index contributed by atoms with van der Waals surface area (Å²) < 4.78 is 46.7. The molecule has 1 heterocycles. The monoisotopic (exact) mass is 549 g/mol. The molecular weight excluding hydrogens is 511 g/mol. The summed E-state index contributed by atoms with van der Waals surface area (Å²) in [5.41, 5.74) is 2.56. The highest BCUT2D eigenvalue weighted by molar-refractivity contribution is 6.00. The molecule has 2 aromatic carbocycles. The molecule has 0 aliphatic carbocycles. The average Bonchev–Trinajstić information content (AvgIpc) is 2.91. The van der Waals surface area contributed by atoms with Gasteiger partial charge in [0.1, 0.15) is 17.6 Å². The second-order valence-electron chi connectivity index (χ2n) is 8.33. The predicted molar refractivity (Wildman–Crippen MR) is 148 cm³/mol. The summed E-state index contributed by atoms with van der Waals surface area (Å²) in [5.74, 6) is 0.0430. The van der Waals surface area contributed by atoms with Crippen LogP contribution in [0.15, 0.2) is 60.2 Å². The maximum absolute atomic E-state index is 12.6. The van der Waals surface area contributed by atoms with Gasteiger partial charge in [-0.2, -0.15) is 0 Å². The van der Waals surface area contributed by atoms with Gasteiger partial charge in [-0.15, -0.1) is 13.2 Å². The number of rotatable bonds is 8. The molecule has 0 radical (unpaired) electrons. The van der Waals surface area contributed by atoms with Gasteiger partial charge in [-0.25, -0.2) is 0 Å². The molecule has 1 N–H and O–H groups in total. The molecule has 0 unspecified atom stereocenters. The zero-order chi connectivity index (χ0) is 29.4. The average molecular weight is 550 g/mol. The molecule has 2 aromatic rings. The van der Waals surface area contributed by atoms with Crippen LogP contribution in [0.3, 0.4) is 0 Å². The Hall–Kier alpha value is -3.66. The van der Waals surface area contributed by atoms with Crippen LogP contribution in [0.5, 0.6) is 11.5 Å². The SMILES string of the molecule is C=CN=C(C)c1ccc(OC2CCN(C(=O)Cc3ccc(OC(F)(F)F)cc3)CC2)c(C=O)c1.CC.CNC. The van der Waals surface area contributed by atoms with Crippen molar-refractivity contribution in [3.63, 3.8) is 0 Å². The number of carbonyl (C=O) groups is 2. The molecule has 1 aliphatic rings. The number of carbonyl (C=O) groups excluding carboxylic acids is 2. The summed E-state index contributed by atoms with van der Waals surface area (Å²) in [6.45, 7) is 10.4. The Balaban J connectivity index is 0.00000142. The molecule has 1 aliphatic heterocycles. The fraction of sp³-hybridized carbons (Fsp3) is 0.414. The molecule has 7 nitrogen and oxygen atoms in total. The minimum absolute atomic E-state index is 0.0835. The van der Waals surface area contributed by atoms with E-state index < -0.39 is 6.36 Å². The predicted octanol–water partition coefficient (Wildman–Crippen LogP) is 5.82. The van der Waals surface area contributed by atoms with Crippen LogP contribution in [0.4, 0.5) is 13.2 Å². The molecule has 0 atom stereocenters. The summed E-state index contributed by atoms with van der Waals surface area (Å²) in [5, 5.41) is 2.75. The Kier molecular flexibility index (Phi) is 14.6. The van der Waals surface area contributed by atoms with Crippen LogP contribution in [0, 0.1) is 0 Å². The molecule has 0 saturated carbocycles. The number of alkyl halides is 3. The Labute approximate surface area is 228 Å². The van der Waals surface area contributed by atoms with Crippen LogP contribution in [0.25, 0.3) is 0 Å². The van der Waals surface area contributed by atoms with Crippen LogP contribution in [0.1, 0.15) is 55.1 Å². The first kappa shape index (κ1) is 33.4. The third-order valence-corrected chi connectivity index (χ3v) is 5.44. The van der Waals surface area contributed by atoms with Crippen molar-refractivity contribution in [3.8, 4) is 11.5 Å². The van der Waals surface area contributed by atoms with E-state index in [1.165, 1.54) is 30.5 Å². The normalized spacial score (nSPS) is 13.7. The van der Waals surface area contributed by atoms with E-state index in [0.717, 1.165) is 17.6 Å². The molecule has 1 fully saturated rings. The van der Waals surface area contributed by atoms with Crippen molar-refractivity contribution >= 4 is 17.9 Å². The van der Waals surface area contributed by atoms with Gasteiger partial charge in [-0.3, -0.25) is 14.6 Å². The number of halogens is 3. The first-order valence-corrected chi connectivity index (χ1v) is 12.7. The number of amides is 1. The summed E-state index contributed by atoms with van der Waals surface area (Å²) in [6.07, 6.45) is -1.44. The first-order valence-electron chi connectivity index (χ1n) is 12.7. The van der Waals surface area contributed by atoms with E-state index in [9.17, 15) is 22.8 Å². The third kappa shape index (κ3) is 11.7. The molecule has 214 valence electrons. The van der Waals surface area contributed by atoms with Crippen molar-refractivity contribution in [2.75, 3.05) is 27.2 Å². The molecule has 3 rings (SSSR count). The Morgan fingerprint density at radius 1 is 1.13 bits per heavy atom. The second-order valence-corrected chi connectivity index (χ2v) is 8.33. The number of piperidine rings is 1. The summed E-state index contributed by atoms with van der Waals surface area (Å²) >= 11 is 0. The number of ether oxygens (including phenoxy) is 2. The van der Waals surface area contributed by atoms with Crippen LogP contribution >= 0.6 is 0 Å². The first-order chi connectivity index (χ1) is 18.6. The standard InChI is InChI=1S/C25H25F3N2O4.C2H7N.C2H6/c1-3-29-17(2)19-6-9-23(20(15-19)16-31)33-21-10-12-30(13-11-21)24(32)14-18-4-7-22(8-5-18)34-25(26,27)28;1-3-2;1-2/h3-9,15-16,21H,1,10-14H2,2H3;3H,1-2H3;1-2H3. The number of nitrogens with one attached hydrogen (secondary N) is 1. The van der Waals surface area contributed by atoms with E-state index in [1.807, 2.05) is 40.9 Å². The lowest BCUT2D eigenvalue weighted by molar-refractivity contribution is -0.274. The van der Waals surface area contributed by atoms with Gasteiger partial charge in [0.25, 0.3) is 0 Å². The van der Waals surface area contributed by atoms with Crippen molar-refractivity contribution < 1.29 is 32.2 Å². The van der Waals surface area contributed by atoms with E-state index in [2.05, 4.69) is 21.6 Å². The largest absolute Gasteiger partial charge is 0.573 e. The van der Waals surface area contributed by atoms with Gasteiger partial charge in [0, 0.05) is 37.8 Å². The number of aliphatic imine (C=N–C) groups is 1. The van der Waals surface area contributed by atoms with E-state index in [-0.39, 0.29) is 24.2 Å². The lowest BCUT2D eigenvalue weighted by Crippen LogP contribution is -2.42. The van der Waals surface area contributed by atoms with Gasteiger partial charge in [-0.1, -0.05) is 32.6 Å². The van der Waals surface area contributed by atoms with E-state index in [4.69, 9.17) is 4.74 Å². The molecule has 0 aromatic heterocycles. The Morgan fingerprint density at radius 2 is 1.72 bits per heavy atom. The minimum atomic E-state index is -4.75. The number of likely N-dealkylation sites (tertiary alicyclic amines) is 1. The van der Waals surface area contributed by atoms with E-state index in [1.54, 1.807) is 17.0 Å². The summed E-state index contributed by atoms with van der Waals surface area (Å²) in [4.78, 5) is 30.0. The maximum atomic E-state index is 12.6. The smallest absolute Gasteiger partial charge is 0.490 e. The quantitative estimate of drug-likeness (QED) is 0.331. The molecule has 10 heteroatoms. The molecular formula is C29H38F3N3O4. The number of hydrogen-bond acceptors (Lipinski definition) is 6. The van der Waals surface area contributed by atoms with Crippen molar-refractivity contribution in [3.05, 3.63) is 71.9 Å². The van der Waals surface area contributed by atoms with Crippen LogP contribution in [0.2, 0.25) is 0 Å². The molecule has 39 heavy (non-hydrogen) atoms. The highest BCUT2D eigenvalue weighted by Crippen LogP contribution is 2.25. The van der Waals surface area contributed by atoms with Crippen LogP contribution in [-0.2, 0) is 11.2 Å². The number of nitrogens with zero attached hydrogens (tertiary/aromatic N) is 2. The lowest BCUT2D eigenvalue weighted by atomic mass is 10.0. The Bertz CT molecular complexity index is 1080. The van der Waals surface area contributed by atoms with Gasteiger partial charge in [-0.05, 0) is 62.5 Å². The molecule has 1 saturated heterocycles. The van der Waals surface area contributed by atoms with Crippen molar-refractivity contribution in [2.24, 2.45) is 4.99 Å². The van der Waals surface area contributed by atoms with E-state index >= 15 is 0 Å². The minimum Gasteiger partial charge on any atom is -0.490 e. The summed E-state index contributed by atoms with van der Waals surface area (Å²) in [6, 6.07) is 10.6. The molecule has 0 spiro atoms. The number of benzene rings is 2. The Morgan fingerprint density at radius 3 is 2.23 bits per heavy atom.